The Morgan fingerprint density at radius 1 is 1.19 bits per heavy atom. The molecule has 1 N–H and O–H groups in total. The standard InChI is InChI=1S/C30H36ClN3O3/c1-16(35)37-19-9-11-28(2)17(13-19)5-7-20-21(28)10-12-29(3)22(20)15-25-26(36)30(29,4)33-27-32-23-8-6-18(31)14-24(23)34(25)27/h5-6,8,14,19-22,25H,7,9-13,15H2,1-4H3,(H,32,33)/t19-,20+,21-,22-,25+,28-,29-,30+/m0/s1. The van der Waals surface area contributed by atoms with Gasteiger partial charge in [-0.05, 0) is 86.8 Å². The fourth-order valence-corrected chi connectivity index (χ4v) is 9.59. The average molecular weight is 522 g/mol. The number of nitrogens with zero attached hydrogens (tertiary/aromatic N) is 2. The van der Waals surface area contributed by atoms with Gasteiger partial charge in [0, 0.05) is 23.8 Å². The van der Waals surface area contributed by atoms with Crippen LogP contribution in [-0.4, -0.2) is 32.9 Å². The molecule has 4 aliphatic carbocycles. The number of Topliss-reactive ketones (excluding diaryl/α,β-unsaturated/α-hetero) is 1. The van der Waals surface area contributed by atoms with Crippen LogP contribution in [0.2, 0.25) is 5.02 Å². The van der Waals surface area contributed by atoms with Gasteiger partial charge < -0.3 is 10.1 Å². The molecule has 8 atom stereocenters. The van der Waals surface area contributed by atoms with Gasteiger partial charge in [-0.3, -0.25) is 14.2 Å². The normalized spacial score (nSPS) is 42.0. The van der Waals surface area contributed by atoms with Gasteiger partial charge >= 0.3 is 5.97 Å². The average Bonchev–Trinajstić information content (AvgIpc) is 3.18. The van der Waals surface area contributed by atoms with Crippen LogP contribution in [0.3, 0.4) is 0 Å². The molecule has 3 fully saturated rings. The highest BCUT2D eigenvalue weighted by Crippen LogP contribution is 2.67. The molecule has 7 heteroatoms. The fraction of sp³-hybridized carbons (Fsp3) is 0.633. The lowest BCUT2D eigenvalue weighted by molar-refractivity contribution is -0.156. The monoisotopic (exact) mass is 521 g/mol. The predicted molar refractivity (Wildman–Crippen MR) is 143 cm³/mol. The van der Waals surface area contributed by atoms with Crippen molar-refractivity contribution >= 4 is 40.3 Å². The van der Waals surface area contributed by atoms with Crippen molar-refractivity contribution in [2.45, 2.75) is 90.3 Å². The van der Waals surface area contributed by atoms with E-state index in [1.807, 2.05) is 18.2 Å². The van der Waals surface area contributed by atoms with Crippen molar-refractivity contribution in [1.29, 1.82) is 0 Å². The zero-order valence-electron chi connectivity index (χ0n) is 22.1. The Balaban J connectivity index is 1.29. The molecule has 1 aliphatic heterocycles. The molecule has 7 rings (SSSR count). The summed E-state index contributed by atoms with van der Waals surface area (Å²) in [4.78, 5) is 30.7. The van der Waals surface area contributed by atoms with Crippen LogP contribution in [0.1, 0.15) is 78.7 Å². The van der Waals surface area contributed by atoms with Gasteiger partial charge in [0.1, 0.15) is 11.6 Å². The second kappa shape index (κ2) is 7.62. The van der Waals surface area contributed by atoms with Crippen LogP contribution in [0, 0.1) is 28.6 Å². The molecule has 6 nitrogen and oxygen atoms in total. The van der Waals surface area contributed by atoms with Gasteiger partial charge in [-0.25, -0.2) is 4.98 Å². The minimum atomic E-state index is -0.648. The van der Waals surface area contributed by atoms with Crippen LogP contribution in [-0.2, 0) is 14.3 Å². The molecule has 37 heavy (non-hydrogen) atoms. The first kappa shape index (κ1) is 23.8. The molecule has 2 aromatic rings. The minimum Gasteiger partial charge on any atom is -0.462 e. The van der Waals surface area contributed by atoms with E-state index in [1.165, 1.54) is 12.5 Å². The van der Waals surface area contributed by atoms with Crippen LogP contribution in [0.25, 0.3) is 11.0 Å². The molecule has 3 saturated carbocycles. The molecule has 0 spiro atoms. The number of ketones is 1. The van der Waals surface area contributed by atoms with Crippen LogP contribution in [0.4, 0.5) is 5.95 Å². The summed E-state index contributed by atoms with van der Waals surface area (Å²) in [6.45, 7) is 8.48. The lowest BCUT2D eigenvalue weighted by atomic mass is 9.41. The van der Waals surface area contributed by atoms with E-state index in [0.29, 0.717) is 22.8 Å². The molecule has 0 amide bonds. The van der Waals surface area contributed by atoms with E-state index in [-0.39, 0.29) is 34.7 Å². The molecule has 1 aromatic carbocycles. The molecule has 5 aliphatic rings. The number of anilines is 1. The van der Waals surface area contributed by atoms with Crippen molar-refractivity contribution in [1.82, 2.24) is 9.55 Å². The number of allylic oxidation sites excluding steroid dienone is 1. The highest BCUT2D eigenvalue weighted by molar-refractivity contribution is 6.31. The lowest BCUT2D eigenvalue weighted by Crippen LogP contribution is -2.70. The first-order valence-electron chi connectivity index (χ1n) is 13.9. The molecule has 0 radical (unpaired) electrons. The number of hydrogen-bond acceptors (Lipinski definition) is 5. The highest BCUT2D eigenvalue weighted by Gasteiger charge is 2.67. The Bertz CT molecular complexity index is 1380. The third-order valence-electron chi connectivity index (χ3n) is 11.5. The van der Waals surface area contributed by atoms with Crippen LogP contribution in [0.5, 0.6) is 0 Å². The summed E-state index contributed by atoms with van der Waals surface area (Å²) in [5, 5.41) is 4.35. The Labute approximate surface area is 223 Å². The highest BCUT2D eigenvalue weighted by atomic mass is 35.5. The van der Waals surface area contributed by atoms with E-state index in [9.17, 15) is 9.59 Å². The van der Waals surface area contributed by atoms with Gasteiger partial charge in [0.15, 0.2) is 5.78 Å². The number of carbonyl (C=O) groups excluding carboxylic acids is 2. The van der Waals surface area contributed by atoms with Gasteiger partial charge in [-0.15, -0.1) is 0 Å². The number of ether oxygens (including phenoxy) is 1. The van der Waals surface area contributed by atoms with Crippen molar-refractivity contribution in [2.75, 3.05) is 5.32 Å². The molecular formula is C30H36ClN3O3. The number of halogens is 1. The summed E-state index contributed by atoms with van der Waals surface area (Å²) < 4.78 is 7.75. The fourth-order valence-electron chi connectivity index (χ4n) is 9.42. The van der Waals surface area contributed by atoms with E-state index >= 15 is 0 Å². The number of nitrogens with one attached hydrogen (secondary N) is 1. The molecule has 2 bridgehead atoms. The summed E-state index contributed by atoms with van der Waals surface area (Å²) in [7, 11) is 0. The molecule has 196 valence electrons. The first-order valence-corrected chi connectivity index (χ1v) is 14.3. The molecule has 0 unspecified atom stereocenters. The van der Waals surface area contributed by atoms with Gasteiger partial charge in [0.2, 0.25) is 5.95 Å². The smallest absolute Gasteiger partial charge is 0.302 e. The van der Waals surface area contributed by atoms with Crippen molar-refractivity contribution in [2.24, 2.45) is 28.6 Å². The maximum absolute atomic E-state index is 14.2. The minimum absolute atomic E-state index is 0.0109. The number of imidazole rings is 1. The Hall–Kier alpha value is -2.34. The molecule has 2 heterocycles. The van der Waals surface area contributed by atoms with E-state index in [1.54, 1.807) is 0 Å². The second-order valence-electron chi connectivity index (χ2n) is 13.0. The third-order valence-corrected chi connectivity index (χ3v) is 11.8. The van der Waals surface area contributed by atoms with Crippen molar-refractivity contribution in [3.8, 4) is 0 Å². The quantitative estimate of drug-likeness (QED) is 0.343. The maximum Gasteiger partial charge on any atom is 0.302 e. The number of carbonyl (C=O) groups is 2. The van der Waals surface area contributed by atoms with Gasteiger partial charge in [0.25, 0.3) is 0 Å². The van der Waals surface area contributed by atoms with E-state index in [0.717, 1.165) is 61.9 Å². The van der Waals surface area contributed by atoms with Gasteiger partial charge in [-0.1, -0.05) is 37.1 Å². The number of fused-ring (bicyclic) bond motifs is 12. The Kier molecular flexibility index (Phi) is 4.89. The number of hydrogen-bond donors (Lipinski definition) is 1. The topological polar surface area (TPSA) is 73.2 Å². The van der Waals surface area contributed by atoms with E-state index < -0.39 is 5.54 Å². The largest absolute Gasteiger partial charge is 0.462 e. The van der Waals surface area contributed by atoms with Crippen LogP contribution < -0.4 is 5.32 Å². The number of esters is 1. The van der Waals surface area contributed by atoms with Gasteiger partial charge in [-0.2, -0.15) is 0 Å². The maximum atomic E-state index is 14.2. The Morgan fingerprint density at radius 2 is 2.00 bits per heavy atom. The van der Waals surface area contributed by atoms with Crippen molar-refractivity contribution < 1.29 is 14.3 Å². The predicted octanol–water partition coefficient (Wildman–Crippen LogP) is 6.49. The Morgan fingerprint density at radius 3 is 2.78 bits per heavy atom. The first-order chi connectivity index (χ1) is 17.5. The summed E-state index contributed by atoms with van der Waals surface area (Å²) in [5.74, 6) is 2.47. The zero-order chi connectivity index (χ0) is 25.9. The number of benzene rings is 1. The number of rotatable bonds is 1. The molecular weight excluding hydrogens is 486 g/mol. The van der Waals surface area contributed by atoms with Crippen LogP contribution >= 0.6 is 11.6 Å². The molecule has 0 saturated heterocycles. The van der Waals surface area contributed by atoms with E-state index in [2.05, 4.69) is 36.7 Å². The summed E-state index contributed by atoms with van der Waals surface area (Å²) >= 11 is 6.38. The van der Waals surface area contributed by atoms with Gasteiger partial charge in [0.05, 0.1) is 17.1 Å². The summed E-state index contributed by atoms with van der Waals surface area (Å²) in [5.41, 5.74) is 2.66. The lowest BCUT2D eigenvalue weighted by Gasteiger charge is -2.66. The molecule has 1 aromatic heterocycles. The van der Waals surface area contributed by atoms with Crippen molar-refractivity contribution in [3.05, 3.63) is 34.9 Å². The van der Waals surface area contributed by atoms with Crippen molar-refractivity contribution in [3.63, 3.8) is 0 Å². The second-order valence-corrected chi connectivity index (χ2v) is 13.4. The summed E-state index contributed by atoms with van der Waals surface area (Å²) in [6, 6.07) is 5.54. The summed E-state index contributed by atoms with van der Waals surface area (Å²) in [6.07, 6.45) is 9.41. The third kappa shape index (κ3) is 3.02. The SMILES string of the molecule is CC(=O)O[C@H]1CC[C@@]2(C)C(=CC[C@@H]3[C@@H]2CC[C@@]2(C)[C@H]3C[C@@H]3C(=O)[C@@]2(C)Nc2nc4ccc(Cl)cc4n23)C1. The number of aromatic nitrogens is 2. The van der Waals surface area contributed by atoms with E-state index in [4.69, 9.17) is 21.3 Å². The zero-order valence-corrected chi connectivity index (χ0v) is 22.9. The van der Waals surface area contributed by atoms with Crippen LogP contribution in [0.15, 0.2) is 29.8 Å².